The van der Waals surface area contributed by atoms with E-state index in [1.54, 1.807) is 16.2 Å². The molecule has 0 aromatic carbocycles. The summed E-state index contributed by atoms with van der Waals surface area (Å²) >= 11 is 5.01. The number of nitrogens with zero attached hydrogens (tertiary/aromatic N) is 2. The Morgan fingerprint density at radius 2 is 2.26 bits per heavy atom. The second kappa shape index (κ2) is 6.16. The third-order valence-corrected chi connectivity index (χ3v) is 4.22. The first-order valence-corrected chi connectivity index (χ1v) is 7.38. The van der Waals surface area contributed by atoms with Crippen LogP contribution in [0.2, 0.25) is 0 Å². The van der Waals surface area contributed by atoms with Crippen molar-refractivity contribution < 1.29 is 9.90 Å². The number of aromatic nitrogens is 1. The van der Waals surface area contributed by atoms with E-state index in [1.807, 2.05) is 19.1 Å². The monoisotopic (exact) mass is 340 g/mol. The summed E-state index contributed by atoms with van der Waals surface area (Å²) in [5, 5.41) is 9.37. The molecule has 0 bridgehead atoms. The van der Waals surface area contributed by atoms with Crippen LogP contribution in [0.3, 0.4) is 0 Å². The number of hydrogen-bond acceptors (Lipinski definition) is 4. The van der Waals surface area contributed by atoms with Crippen LogP contribution in [-0.2, 0) is 6.54 Å². The van der Waals surface area contributed by atoms with Crippen LogP contribution < -0.4 is 0 Å². The molecule has 0 aliphatic rings. The van der Waals surface area contributed by atoms with Gasteiger partial charge in [-0.25, -0.2) is 0 Å². The summed E-state index contributed by atoms with van der Waals surface area (Å²) in [5.74, 6) is -0.129. The van der Waals surface area contributed by atoms with Crippen molar-refractivity contribution in [2.24, 2.45) is 0 Å². The van der Waals surface area contributed by atoms with Gasteiger partial charge in [0.1, 0.15) is 5.75 Å². The largest absolute Gasteiger partial charge is 0.506 e. The van der Waals surface area contributed by atoms with E-state index in [4.69, 9.17) is 0 Å². The average Bonchev–Trinajstić information content (AvgIpc) is 2.81. The quantitative estimate of drug-likeness (QED) is 0.929. The molecule has 0 radical (unpaired) electrons. The molecule has 0 saturated carbocycles. The molecule has 0 spiro atoms. The summed E-state index contributed by atoms with van der Waals surface area (Å²) in [6.07, 6.45) is 2.78. The number of aromatic hydroxyl groups is 1. The third-order valence-electron chi connectivity index (χ3n) is 2.62. The van der Waals surface area contributed by atoms with Crippen molar-refractivity contribution >= 4 is 33.2 Å². The van der Waals surface area contributed by atoms with Gasteiger partial charge in [0.05, 0.1) is 22.1 Å². The van der Waals surface area contributed by atoms with Crippen molar-refractivity contribution in [1.29, 1.82) is 0 Å². The summed E-state index contributed by atoms with van der Waals surface area (Å²) in [7, 11) is 0. The molecule has 0 aliphatic heterocycles. The number of carbonyl (C=O) groups excluding carboxylic acids is 1. The highest BCUT2D eigenvalue weighted by Crippen LogP contribution is 2.24. The van der Waals surface area contributed by atoms with Crippen molar-refractivity contribution in [3.05, 3.63) is 44.8 Å². The minimum Gasteiger partial charge on any atom is -0.506 e. The minimum atomic E-state index is -0.129. The van der Waals surface area contributed by atoms with Crippen LogP contribution in [-0.4, -0.2) is 27.4 Å². The Balaban J connectivity index is 2.15. The van der Waals surface area contributed by atoms with Crippen LogP contribution in [0, 0.1) is 0 Å². The maximum Gasteiger partial charge on any atom is 0.255 e. The summed E-state index contributed by atoms with van der Waals surface area (Å²) in [5.41, 5.74) is 0.400. The molecule has 4 nitrogen and oxygen atoms in total. The highest BCUT2D eigenvalue weighted by atomic mass is 79.9. The number of rotatable bonds is 4. The number of carbonyl (C=O) groups is 1. The first-order chi connectivity index (χ1) is 9.10. The standard InChI is InChI=1S/C13H13BrN2O2S/c1-2-16(8-11-3-4-12(14)19-11)13(18)9-5-10(17)7-15-6-9/h3-7,17H,2,8H2,1H3. The highest BCUT2D eigenvalue weighted by molar-refractivity contribution is 9.11. The van der Waals surface area contributed by atoms with Gasteiger partial charge in [0.25, 0.3) is 5.91 Å². The van der Waals surface area contributed by atoms with Gasteiger partial charge in [-0.2, -0.15) is 0 Å². The van der Waals surface area contributed by atoms with Gasteiger partial charge in [0.15, 0.2) is 0 Å². The Bertz CT molecular complexity index is 586. The van der Waals surface area contributed by atoms with E-state index >= 15 is 0 Å². The Kier molecular flexibility index (Phi) is 4.55. The summed E-state index contributed by atoms with van der Waals surface area (Å²) in [4.78, 5) is 19.0. The van der Waals surface area contributed by atoms with Gasteiger partial charge in [-0.1, -0.05) is 0 Å². The van der Waals surface area contributed by atoms with Crippen LogP contribution in [0.1, 0.15) is 22.2 Å². The number of amides is 1. The van der Waals surface area contributed by atoms with Crippen LogP contribution in [0.5, 0.6) is 5.75 Å². The van der Waals surface area contributed by atoms with Crippen LogP contribution in [0.15, 0.2) is 34.4 Å². The van der Waals surface area contributed by atoms with Crippen molar-refractivity contribution in [3.63, 3.8) is 0 Å². The van der Waals surface area contributed by atoms with Crippen molar-refractivity contribution in [3.8, 4) is 5.75 Å². The summed E-state index contributed by atoms with van der Waals surface area (Å²) in [6.45, 7) is 3.09. The van der Waals surface area contributed by atoms with Gasteiger partial charge in [0, 0.05) is 17.6 Å². The fourth-order valence-electron chi connectivity index (χ4n) is 1.68. The molecular formula is C13H13BrN2O2S. The zero-order valence-electron chi connectivity index (χ0n) is 10.3. The Morgan fingerprint density at radius 1 is 1.47 bits per heavy atom. The van der Waals surface area contributed by atoms with E-state index in [2.05, 4.69) is 20.9 Å². The van der Waals surface area contributed by atoms with E-state index in [0.29, 0.717) is 18.7 Å². The second-order valence-electron chi connectivity index (χ2n) is 3.96. The molecule has 1 amide bonds. The molecule has 2 heterocycles. The number of hydrogen-bond donors (Lipinski definition) is 1. The lowest BCUT2D eigenvalue weighted by molar-refractivity contribution is 0.0753. The first-order valence-electron chi connectivity index (χ1n) is 5.77. The lowest BCUT2D eigenvalue weighted by Crippen LogP contribution is -2.30. The van der Waals surface area contributed by atoms with Gasteiger partial charge in [-0.05, 0) is 41.1 Å². The fraction of sp³-hybridized carbons (Fsp3) is 0.231. The number of thiophene rings is 1. The molecule has 2 aromatic heterocycles. The zero-order chi connectivity index (χ0) is 13.8. The maximum atomic E-state index is 12.3. The topological polar surface area (TPSA) is 53.4 Å². The third kappa shape index (κ3) is 3.54. The molecule has 0 aliphatic carbocycles. The van der Waals surface area contributed by atoms with Gasteiger partial charge in [-0.15, -0.1) is 11.3 Å². The Hall–Kier alpha value is -1.40. The molecule has 1 N–H and O–H groups in total. The maximum absolute atomic E-state index is 12.3. The highest BCUT2D eigenvalue weighted by Gasteiger charge is 2.16. The SMILES string of the molecule is CCN(Cc1ccc(Br)s1)C(=O)c1cncc(O)c1. The number of halogens is 1. The lowest BCUT2D eigenvalue weighted by atomic mass is 10.2. The van der Waals surface area contributed by atoms with E-state index in [9.17, 15) is 9.90 Å². The predicted molar refractivity (Wildman–Crippen MR) is 78.3 cm³/mol. The molecule has 100 valence electrons. The van der Waals surface area contributed by atoms with Crippen molar-refractivity contribution in [1.82, 2.24) is 9.88 Å². The van der Waals surface area contributed by atoms with Crippen LogP contribution >= 0.6 is 27.3 Å². The van der Waals surface area contributed by atoms with Gasteiger partial charge >= 0.3 is 0 Å². The molecule has 2 aromatic rings. The van der Waals surface area contributed by atoms with E-state index in [0.717, 1.165) is 8.66 Å². The molecule has 0 fully saturated rings. The average molecular weight is 341 g/mol. The second-order valence-corrected chi connectivity index (χ2v) is 6.50. The van der Waals surface area contributed by atoms with Gasteiger partial charge < -0.3 is 10.0 Å². The molecule has 2 rings (SSSR count). The molecular weight excluding hydrogens is 328 g/mol. The molecule has 0 saturated heterocycles. The Labute approximate surface area is 123 Å². The molecule has 6 heteroatoms. The zero-order valence-corrected chi connectivity index (χ0v) is 12.7. The van der Waals surface area contributed by atoms with E-state index in [-0.39, 0.29) is 11.7 Å². The summed E-state index contributed by atoms with van der Waals surface area (Å²) < 4.78 is 1.05. The molecule has 0 unspecified atom stereocenters. The van der Waals surface area contributed by atoms with Crippen molar-refractivity contribution in [2.75, 3.05) is 6.54 Å². The Morgan fingerprint density at radius 3 is 2.84 bits per heavy atom. The molecule has 19 heavy (non-hydrogen) atoms. The van der Waals surface area contributed by atoms with Crippen molar-refractivity contribution in [2.45, 2.75) is 13.5 Å². The normalized spacial score (nSPS) is 10.4. The first kappa shape index (κ1) is 14.0. The predicted octanol–water partition coefficient (Wildman–Crippen LogP) is 3.27. The minimum absolute atomic E-state index is 0.000714. The van der Waals surface area contributed by atoms with E-state index < -0.39 is 0 Å². The molecule has 0 atom stereocenters. The van der Waals surface area contributed by atoms with Crippen LogP contribution in [0.25, 0.3) is 0 Å². The smallest absolute Gasteiger partial charge is 0.255 e. The van der Waals surface area contributed by atoms with Crippen LogP contribution in [0.4, 0.5) is 0 Å². The fourth-order valence-corrected chi connectivity index (χ4v) is 3.18. The van der Waals surface area contributed by atoms with E-state index in [1.165, 1.54) is 18.5 Å². The number of pyridine rings is 1. The summed E-state index contributed by atoms with van der Waals surface area (Å²) in [6, 6.07) is 5.39. The van der Waals surface area contributed by atoms with Gasteiger partial charge in [0.2, 0.25) is 0 Å². The van der Waals surface area contributed by atoms with Gasteiger partial charge in [-0.3, -0.25) is 9.78 Å². The lowest BCUT2D eigenvalue weighted by Gasteiger charge is -2.20.